The van der Waals surface area contributed by atoms with E-state index in [4.69, 9.17) is 4.74 Å². The average Bonchev–Trinajstić information content (AvgIpc) is 1.97. The van der Waals surface area contributed by atoms with E-state index in [0.717, 1.165) is 0 Å². The Labute approximate surface area is 55.8 Å². The number of ether oxygens (including phenoxy) is 1. The Hall–Kier alpha value is -0.0800. The largest absolute Gasteiger partial charge is 0.390 e. The molecule has 1 saturated heterocycles. The van der Waals surface area contributed by atoms with Crippen LogP contribution in [0.5, 0.6) is 0 Å². The second-order valence-corrected chi connectivity index (χ2v) is 3.45. The smallest absolute Gasteiger partial charge is 0.0871 e. The molecule has 0 aliphatic carbocycles. The molecule has 0 aromatic heterocycles. The Bertz CT molecular complexity index is 109. The molecule has 1 N–H and O–H groups in total. The molecule has 0 radical (unpaired) electrons. The summed E-state index contributed by atoms with van der Waals surface area (Å²) in [4.78, 5) is 0. The Balaban J connectivity index is 2.62. The molecule has 0 saturated carbocycles. The standard InChI is InChI=1S/C7H14O2/c1-5-6(8)7(2,3)4-9-5/h5-6,8H,4H2,1-3H3/t5-,6+/m0/s1. The van der Waals surface area contributed by atoms with Crippen LogP contribution in [0.15, 0.2) is 0 Å². The molecule has 0 amide bonds. The zero-order valence-electron chi connectivity index (χ0n) is 6.22. The summed E-state index contributed by atoms with van der Waals surface area (Å²) in [6, 6.07) is 0. The number of aliphatic hydroxyl groups is 1. The van der Waals surface area contributed by atoms with Crippen LogP contribution in [0.1, 0.15) is 20.8 Å². The van der Waals surface area contributed by atoms with E-state index in [-0.39, 0.29) is 17.6 Å². The molecule has 1 aliphatic heterocycles. The van der Waals surface area contributed by atoms with Gasteiger partial charge in [-0.3, -0.25) is 0 Å². The minimum absolute atomic E-state index is 0.0139. The molecule has 0 aromatic rings. The summed E-state index contributed by atoms with van der Waals surface area (Å²) < 4.78 is 5.23. The van der Waals surface area contributed by atoms with Gasteiger partial charge in [0.25, 0.3) is 0 Å². The molecule has 54 valence electrons. The van der Waals surface area contributed by atoms with Crippen molar-refractivity contribution in [2.45, 2.75) is 33.0 Å². The number of rotatable bonds is 0. The van der Waals surface area contributed by atoms with Crippen LogP contribution in [-0.2, 0) is 4.74 Å². The van der Waals surface area contributed by atoms with E-state index in [1.807, 2.05) is 20.8 Å². The van der Waals surface area contributed by atoms with Crippen LogP contribution in [0.3, 0.4) is 0 Å². The summed E-state index contributed by atoms with van der Waals surface area (Å²) >= 11 is 0. The van der Waals surface area contributed by atoms with Crippen molar-refractivity contribution in [3.63, 3.8) is 0 Å². The van der Waals surface area contributed by atoms with Gasteiger partial charge < -0.3 is 9.84 Å². The molecule has 0 aromatic carbocycles. The van der Waals surface area contributed by atoms with Gasteiger partial charge in [0.05, 0.1) is 18.8 Å². The van der Waals surface area contributed by atoms with Gasteiger partial charge in [-0.05, 0) is 6.92 Å². The molecule has 0 spiro atoms. The SMILES string of the molecule is C[C@@H]1OCC(C)(C)[C@@H]1O. The molecular weight excluding hydrogens is 116 g/mol. The summed E-state index contributed by atoms with van der Waals surface area (Å²) in [6.45, 7) is 6.61. The first-order valence-corrected chi connectivity index (χ1v) is 3.34. The molecule has 2 heteroatoms. The van der Waals surface area contributed by atoms with Gasteiger partial charge >= 0.3 is 0 Å². The lowest BCUT2D eigenvalue weighted by molar-refractivity contribution is 0.0430. The molecule has 1 rings (SSSR count). The molecule has 1 fully saturated rings. The number of aliphatic hydroxyl groups excluding tert-OH is 1. The van der Waals surface area contributed by atoms with E-state index in [0.29, 0.717) is 6.61 Å². The lowest BCUT2D eigenvalue weighted by Crippen LogP contribution is -2.30. The van der Waals surface area contributed by atoms with Crippen molar-refractivity contribution in [1.29, 1.82) is 0 Å². The Morgan fingerprint density at radius 1 is 1.56 bits per heavy atom. The summed E-state index contributed by atoms with van der Waals surface area (Å²) in [6.07, 6.45) is -0.280. The van der Waals surface area contributed by atoms with Gasteiger partial charge in [0, 0.05) is 5.41 Å². The zero-order chi connectivity index (χ0) is 7.07. The van der Waals surface area contributed by atoms with E-state index in [1.165, 1.54) is 0 Å². The average molecular weight is 130 g/mol. The minimum Gasteiger partial charge on any atom is -0.390 e. The second-order valence-electron chi connectivity index (χ2n) is 3.45. The molecule has 1 heterocycles. The van der Waals surface area contributed by atoms with Crippen LogP contribution in [0.25, 0.3) is 0 Å². The van der Waals surface area contributed by atoms with Gasteiger partial charge in [-0.15, -0.1) is 0 Å². The third kappa shape index (κ3) is 1.10. The van der Waals surface area contributed by atoms with Crippen molar-refractivity contribution in [2.24, 2.45) is 5.41 Å². The predicted molar refractivity (Wildman–Crippen MR) is 35.2 cm³/mol. The first-order chi connectivity index (χ1) is 4.04. The first-order valence-electron chi connectivity index (χ1n) is 3.34. The fraction of sp³-hybridized carbons (Fsp3) is 1.00. The fourth-order valence-electron chi connectivity index (χ4n) is 1.16. The summed E-state index contributed by atoms with van der Waals surface area (Å²) in [5.41, 5.74) is -0.0422. The van der Waals surface area contributed by atoms with E-state index in [9.17, 15) is 5.11 Å². The third-order valence-electron chi connectivity index (χ3n) is 1.96. The lowest BCUT2D eigenvalue weighted by Gasteiger charge is -2.20. The van der Waals surface area contributed by atoms with E-state index < -0.39 is 0 Å². The molecule has 2 atom stereocenters. The van der Waals surface area contributed by atoms with Gasteiger partial charge in [-0.2, -0.15) is 0 Å². The molecule has 2 nitrogen and oxygen atoms in total. The maximum Gasteiger partial charge on any atom is 0.0871 e. The Morgan fingerprint density at radius 2 is 2.11 bits per heavy atom. The molecular formula is C7H14O2. The number of hydrogen-bond donors (Lipinski definition) is 1. The number of hydrogen-bond acceptors (Lipinski definition) is 2. The maximum atomic E-state index is 9.40. The van der Waals surface area contributed by atoms with Crippen LogP contribution >= 0.6 is 0 Å². The molecule has 0 unspecified atom stereocenters. The van der Waals surface area contributed by atoms with Crippen molar-refractivity contribution in [3.05, 3.63) is 0 Å². The summed E-state index contributed by atoms with van der Waals surface area (Å²) in [7, 11) is 0. The van der Waals surface area contributed by atoms with Crippen LogP contribution in [0.4, 0.5) is 0 Å². The van der Waals surface area contributed by atoms with E-state index in [2.05, 4.69) is 0 Å². The predicted octanol–water partition coefficient (Wildman–Crippen LogP) is 0.792. The van der Waals surface area contributed by atoms with Crippen LogP contribution < -0.4 is 0 Å². The van der Waals surface area contributed by atoms with Gasteiger partial charge in [0.2, 0.25) is 0 Å². The summed E-state index contributed by atoms with van der Waals surface area (Å²) in [5.74, 6) is 0. The third-order valence-corrected chi connectivity index (χ3v) is 1.96. The van der Waals surface area contributed by atoms with Gasteiger partial charge in [0.1, 0.15) is 0 Å². The van der Waals surface area contributed by atoms with Gasteiger partial charge in [-0.1, -0.05) is 13.8 Å². The first kappa shape index (κ1) is 7.03. The Morgan fingerprint density at radius 3 is 2.22 bits per heavy atom. The van der Waals surface area contributed by atoms with Crippen molar-refractivity contribution in [2.75, 3.05) is 6.61 Å². The second kappa shape index (κ2) is 1.96. The molecule has 0 bridgehead atoms. The van der Waals surface area contributed by atoms with Crippen LogP contribution in [0, 0.1) is 5.41 Å². The topological polar surface area (TPSA) is 29.5 Å². The molecule has 1 aliphatic rings. The monoisotopic (exact) mass is 130 g/mol. The lowest BCUT2D eigenvalue weighted by atomic mass is 9.88. The van der Waals surface area contributed by atoms with E-state index >= 15 is 0 Å². The van der Waals surface area contributed by atoms with Crippen molar-refractivity contribution in [1.82, 2.24) is 0 Å². The van der Waals surface area contributed by atoms with Crippen molar-refractivity contribution >= 4 is 0 Å². The van der Waals surface area contributed by atoms with E-state index in [1.54, 1.807) is 0 Å². The van der Waals surface area contributed by atoms with Gasteiger partial charge in [-0.25, -0.2) is 0 Å². The Kier molecular flexibility index (Phi) is 1.53. The highest BCUT2D eigenvalue weighted by Crippen LogP contribution is 2.31. The highest BCUT2D eigenvalue weighted by Gasteiger charge is 2.39. The van der Waals surface area contributed by atoms with Crippen molar-refractivity contribution in [3.8, 4) is 0 Å². The van der Waals surface area contributed by atoms with Crippen LogP contribution in [0.2, 0.25) is 0 Å². The molecule has 9 heavy (non-hydrogen) atoms. The quantitative estimate of drug-likeness (QED) is 0.525. The van der Waals surface area contributed by atoms with Crippen LogP contribution in [-0.4, -0.2) is 23.9 Å². The zero-order valence-corrected chi connectivity index (χ0v) is 6.22. The fourth-order valence-corrected chi connectivity index (χ4v) is 1.16. The highest BCUT2D eigenvalue weighted by atomic mass is 16.5. The van der Waals surface area contributed by atoms with Gasteiger partial charge in [0.15, 0.2) is 0 Å². The van der Waals surface area contributed by atoms with Crippen molar-refractivity contribution < 1.29 is 9.84 Å². The normalized spacial score (nSPS) is 41.3. The minimum atomic E-state index is -0.294. The highest BCUT2D eigenvalue weighted by molar-refractivity contribution is 4.87. The maximum absolute atomic E-state index is 9.40. The summed E-state index contributed by atoms with van der Waals surface area (Å²) in [5, 5.41) is 9.40.